The van der Waals surface area contributed by atoms with E-state index in [1.807, 2.05) is 19.1 Å². The van der Waals surface area contributed by atoms with E-state index in [9.17, 15) is 4.21 Å². The van der Waals surface area contributed by atoms with E-state index in [1.165, 1.54) is 4.88 Å². The fraction of sp³-hybridized carbons (Fsp3) is 0.556. The average Bonchev–Trinajstić information content (AvgIpc) is 2.57. The number of hydrogen-bond acceptors (Lipinski definition) is 3. The molecule has 1 aromatic rings. The molecule has 3 atom stereocenters. The second kappa shape index (κ2) is 4.31. The molecule has 0 spiro atoms. The Kier molecular flexibility index (Phi) is 3.27. The molecule has 0 aromatic carbocycles. The van der Waals surface area contributed by atoms with Crippen LogP contribution in [0.15, 0.2) is 12.1 Å². The fourth-order valence-electron chi connectivity index (χ4n) is 1.49. The van der Waals surface area contributed by atoms with Crippen LogP contribution in [0.5, 0.6) is 0 Å². The lowest BCUT2D eigenvalue weighted by atomic mass is 10.2. The third-order valence-electron chi connectivity index (χ3n) is 2.37. The maximum Gasteiger partial charge on any atom is 0.0931 e. The molecule has 0 aliphatic carbocycles. The number of hydrogen-bond donors (Lipinski definition) is 1. The summed E-state index contributed by atoms with van der Waals surface area (Å²) < 4.78 is 12.4. The molecule has 3 unspecified atom stereocenters. The molecule has 1 aliphatic heterocycles. The highest BCUT2D eigenvalue weighted by Crippen LogP contribution is 2.29. The molecule has 2 heterocycles. The molecular formula is C9H12ClNOS2. The van der Waals surface area contributed by atoms with Crippen LogP contribution in [0, 0.1) is 0 Å². The van der Waals surface area contributed by atoms with Crippen LogP contribution in [-0.4, -0.2) is 21.8 Å². The molecule has 2 nitrogen and oxygen atoms in total. The maximum absolute atomic E-state index is 11.6. The molecule has 5 heteroatoms. The molecular weight excluding hydrogens is 238 g/mol. The Morgan fingerprint density at radius 3 is 3.00 bits per heavy atom. The van der Waals surface area contributed by atoms with Gasteiger partial charge >= 0.3 is 0 Å². The molecule has 0 radical (unpaired) electrons. The highest BCUT2D eigenvalue weighted by Gasteiger charge is 2.25. The molecule has 0 amide bonds. The van der Waals surface area contributed by atoms with Gasteiger partial charge in [0.05, 0.1) is 10.4 Å². The van der Waals surface area contributed by atoms with Crippen molar-refractivity contribution in [2.45, 2.75) is 18.2 Å². The Hall–Kier alpha value is 0.1000. The average molecular weight is 250 g/mol. The van der Waals surface area contributed by atoms with Gasteiger partial charge < -0.3 is 5.32 Å². The van der Waals surface area contributed by atoms with Crippen molar-refractivity contribution >= 4 is 33.7 Å². The predicted molar refractivity (Wildman–Crippen MR) is 62.5 cm³/mol. The van der Waals surface area contributed by atoms with Crippen LogP contribution in [0.2, 0.25) is 4.34 Å². The monoisotopic (exact) mass is 249 g/mol. The maximum atomic E-state index is 11.6. The lowest BCUT2D eigenvalue weighted by Gasteiger charge is -2.26. The Balaban J connectivity index is 2.10. The van der Waals surface area contributed by atoms with Gasteiger partial charge in [0.2, 0.25) is 0 Å². The first-order valence-electron chi connectivity index (χ1n) is 4.52. The van der Waals surface area contributed by atoms with Gasteiger partial charge in [-0.05, 0) is 19.1 Å². The first-order valence-corrected chi connectivity index (χ1v) is 7.10. The van der Waals surface area contributed by atoms with Gasteiger partial charge in [0.15, 0.2) is 0 Å². The molecule has 1 aliphatic rings. The molecule has 78 valence electrons. The van der Waals surface area contributed by atoms with Crippen LogP contribution < -0.4 is 5.32 Å². The van der Waals surface area contributed by atoms with E-state index >= 15 is 0 Å². The fourth-order valence-corrected chi connectivity index (χ4v) is 3.97. The Bertz CT molecular complexity index is 352. The smallest absolute Gasteiger partial charge is 0.0931 e. The summed E-state index contributed by atoms with van der Waals surface area (Å²) in [4.78, 5) is 1.19. The second-order valence-corrected chi connectivity index (χ2v) is 7.11. The lowest BCUT2D eigenvalue weighted by Crippen LogP contribution is -2.41. The number of halogens is 1. The van der Waals surface area contributed by atoms with Crippen molar-refractivity contribution in [3.8, 4) is 0 Å². The molecule has 0 bridgehead atoms. The number of rotatable bonds is 1. The van der Waals surface area contributed by atoms with Crippen molar-refractivity contribution in [3.63, 3.8) is 0 Å². The van der Waals surface area contributed by atoms with Gasteiger partial charge in [-0.2, -0.15) is 0 Å². The lowest BCUT2D eigenvalue weighted by molar-refractivity contribution is 0.546. The second-order valence-electron chi connectivity index (χ2n) is 3.46. The number of thiophene rings is 1. The number of nitrogens with one attached hydrogen (secondary N) is 1. The van der Waals surface area contributed by atoms with Crippen LogP contribution >= 0.6 is 22.9 Å². The molecule has 1 N–H and O–H groups in total. The van der Waals surface area contributed by atoms with E-state index in [2.05, 4.69) is 5.32 Å². The minimum atomic E-state index is -0.705. The third-order valence-corrected chi connectivity index (χ3v) is 5.44. The van der Waals surface area contributed by atoms with Gasteiger partial charge in [-0.3, -0.25) is 4.21 Å². The highest BCUT2D eigenvalue weighted by atomic mass is 35.5. The van der Waals surface area contributed by atoms with Crippen LogP contribution in [-0.2, 0) is 10.8 Å². The summed E-state index contributed by atoms with van der Waals surface area (Å²) in [7, 11) is -0.705. The Morgan fingerprint density at radius 2 is 2.43 bits per heavy atom. The van der Waals surface area contributed by atoms with Crippen molar-refractivity contribution in [3.05, 3.63) is 21.3 Å². The van der Waals surface area contributed by atoms with Gasteiger partial charge in [-0.15, -0.1) is 11.3 Å². The van der Waals surface area contributed by atoms with E-state index in [4.69, 9.17) is 11.6 Å². The molecule has 0 saturated carbocycles. The zero-order valence-electron chi connectivity index (χ0n) is 7.83. The normalized spacial score (nSPS) is 33.1. The van der Waals surface area contributed by atoms with Crippen LogP contribution in [0.1, 0.15) is 17.8 Å². The first kappa shape index (κ1) is 10.6. The molecule has 1 aromatic heterocycles. The van der Waals surface area contributed by atoms with Crippen molar-refractivity contribution in [2.75, 3.05) is 12.3 Å². The third kappa shape index (κ3) is 2.19. The standard InChI is InChI=1S/C9H12ClNOS2/c1-6-4-11-7(5-14(6)12)8-2-3-9(10)13-8/h2-3,6-7,11H,4-5H2,1H3. The van der Waals surface area contributed by atoms with Crippen molar-refractivity contribution in [1.29, 1.82) is 0 Å². The SMILES string of the molecule is CC1CNC(c2ccc(Cl)s2)CS1=O. The molecule has 1 fully saturated rings. The van der Waals surface area contributed by atoms with E-state index in [0.717, 1.165) is 10.9 Å². The van der Waals surface area contributed by atoms with E-state index in [1.54, 1.807) is 11.3 Å². The zero-order chi connectivity index (χ0) is 10.1. The summed E-state index contributed by atoms with van der Waals surface area (Å²) in [5.41, 5.74) is 0. The van der Waals surface area contributed by atoms with Crippen molar-refractivity contribution in [2.24, 2.45) is 0 Å². The van der Waals surface area contributed by atoms with Crippen LogP contribution in [0.25, 0.3) is 0 Å². The molecule has 14 heavy (non-hydrogen) atoms. The topological polar surface area (TPSA) is 29.1 Å². The Morgan fingerprint density at radius 1 is 1.64 bits per heavy atom. The minimum Gasteiger partial charge on any atom is -0.307 e. The summed E-state index contributed by atoms with van der Waals surface area (Å²) in [6, 6.07) is 4.13. The first-order chi connectivity index (χ1) is 6.66. The summed E-state index contributed by atoms with van der Waals surface area (Å²) in [6.07, 6.45) is 0. The van der Waals surface area contributed by atoms with E-state index in [-0.39, 0.29) is 11.3 Å². The highest BCUT2D eigenvalue weighted by molar-refractivity contribution is 7.85. The molecule has 2 rings (SSSR count). The summed E-state index contributed by atoms with van der Waals surface area (Å²) in [6.45, 7) is 2.84. The van der Waals surface area contributed by atoms with Gasteiger partial charge in [-0.1, -0.05) is 11.6 Å². The van der Waals surface area contributed by atoms with Gasteiger partial charge in [0, 0.05) is 33.2 Å². The van der Waals surface area contributed by atoms with Crippen molar-refractivity contribution < 1.29 is 4.21 Å². The van der Waals surface area contributed by atoms with E-state index in [0.29, 0.717) is 5.75 Å². The summed E-state index contributed by atoms with van der Waals surface area (Å²) in [5, 5.41) is 3.65. The van der Waals surface area contributed by atoms with Crippen LogP contribution in [0.3, 0.4) is 0 Å². The minimum absolute atomic E-state index is 0.226. The van der Waals surface area contributed by atoms with Gasteiger partial charge in [-0.25, -0.2) is 0 Å². The van der Waals surface area contributed by atoms with E-state index < -0.39 is 10.8 Å². The summed E-state index contributed by atoms with van der Waals surface area (Å²) >= 11 is 7.43. The summed E-state index contributed by atoms with van der Waals surface area (Å²) in [5.74, 6) is 0.706. The largest absolute Gasteiger partial charge is 0.307 e. The predicted octanol–water partition coefficient (Wildman–Crippen LogP) is 2.18. The Labute approximate surface area is 95.1 Å². The van der Waals surface area contributed by atoms with Crippen LogP contribution in [0.4, 0.5) is 0 Å². The quantitative estimate of drug-likeness (QED) is 0.827. The molecule has 1 saturated heterocycles. The van der Waals surface area contributed by atoms with Gasteiger partial charge in [0.25, 0.3) is 0 Å². The van der Waals surface area contributed by atoms with Gasteiger partial charge in [0.1, 0.15) is 0 Å². The van der Waals surface area contributed by atoms with Crippen molar-refractivity contribution in [1.82, 2.24) is 5.32 Å². The zero-order valence-corrected chi connectivity index (χ0v) is 10.2.